The number of ether oxygens (including phenoxy) is 1. The molecule has 19 heavy (non-hydrogen) atoms. The molecule has 1 aromatic rings. The van der Waals surface area contributed by atoms with E-state index in [2.05, 4.69) is 0 Å². The summed E-state index contributed by atoms with van der Waals surface area (Å²) in [6.07, 6.45) is 2.67. The molecule has 0 radical (unpaired) electrons. The summed E-state index contributed by atoms with van der Waals surface area (Å²) in [6, 6.07) is 7.67. The van der Waals surface area contributed by atoms with Crippen LogP contribution in [0.15, 0.2) is 24.3 Å². The third-order valence-electron chi connectivity index (χ3n) is 3.72. The first-order valence-electron chi connectivity index (χ1n) is 6.83. The molecule has 2 rings (SSSR count). The molecule has 1 heterocycles. The third-order valence-corrected chi connectivity index (χ3v) is 3.72. The summed E-state index contributed by atoms with van der Waals surface area (Å²) in [5.74, 6) is 1.48. The molecule has 0 aromatic heterocycles. The summed E-state index contributed by atoms with van der Waals surface area (Å²) in [5, 5.41) is 0. The zero-order chi connectivity index (χ0) is 13.7. The number of amides is 1. The van der Waals surface area contributed by atoms with Crippen molar-refractivity contribution in [2.24, 2.45) is 11.7 Å². The van der Waals surface area contributed by atoms with Crippen LogP contribution in [0.2, 0.25) is 0 Å². The van der Waals surface area contributed by atoms with Gasteiger partial charge < -0.3 is 15.4 Å². The number of benzene rings is 1. The van der Waals surface area contributed by atoms with Crippen molar-refractivity contribution in [3.63, 3.8) is 0 Å². The Morgan fingerprint density at radius 3 is 2.79 bits per heavy atom. The maximum absolute atomic E-state index is 12.2. The quantitative estimate of drug-likeness (QED) is 0.893. The van der Waals surface area contributed by atoms with Gasteiger partial charge in [-0.2, -0.15) is 0 Å². The molecular formula is C15H22N2O2. The second-order valence-corrected chi connectivity index (χ2v) is 5.11. The Morgan fingerprint density at radius 2 is 2.16 bits per heavy atom. The minimum Gasteiger partial charge on any atom is -0.497 e. The van der Waals surface area contributed by atoms with Crippen LogP contribution in [0, 0.1) is 5.92 Å². The SMILES string of the molecule is COc1ccc(CC(=O)N2CCCC(CN)C2)cc1. The third kappa shape index (κ3) is 3.70. The van der Waals surface area contributed by atoms with Crippen LogP contribution in [0.25, 0.3) is 0 Å². The number of methoxy groups -OCH3 is 1. The summed E-state index contributed by atoms with van der Waals surface area (Å²) in [6.45, 7) is 2.35. The van der Waals surface area contributed by atoms with Gasteiger partial charge in [0.05, 0.1) is 13.5 Å². The molecule has 0 bridgehead atoms. The van der Waals surface area contributed by atoms with Crippen molar-refractivity contribution in [1.29, 1.82) is 0 Å². The van der Waals surface area contributed by atoms with Crippen molar-refractivity contribution in [3.05, 3.63) is 29.8 Å². The first-order valence-corrected chi connectivity index (χ1v) is 6.83. The first-order chi connectivity index (χ1) is 9.22. The van der Waals surface area contributed by atoms with Gasteiger partial charge in [0.15, 0.2) is 0 Å². The molecular weight excluding hydrogens is 240 g/mol. The largest absolute Gasteiger partial charge is 0.497 e. The van der Waals surface area contributed by atoms with E-state index in [1.54, 1.807) is 7.11 Å². The van der Waals surface area contributed by atoms with Crippen molar-refractivity contribution in [1.82, 2.24) is 4.90 Å². The summed E-state index contributed by atoms with van der Waals surface area (Å²) >= 11 is 0. The van der Waals surface area contributed by atoms with E-state index in [-0.39, 0.29) is 5.91 Å². The molecule has 1 unspecified atom stereocenters. The van der Waals surface area contributed by atoms with Gasteiger partial charge in [0, 0.05) is 13.1 Å². The molecule has 4 heteroatoms. The van der Waals surface area contributed by atoms with Crippen molar-refractivity contribution < 1.29 is 9.53 Å². The predicted octanol–water partition coefficient (Wildman–Crippen LogP) is 1.43. The van der Waals surface area contributed by atoms with Crippen LogP contribution in [-0.2, 0) is 11.2 Å². The predicted molar refractivity (Wildman–Crippen MR) is 75.1 cm³/mol. The van der Waals surface area contributed by atoms with Gasteiger partial charge in [-0.25, -0.2) is 0 Å². The Kier molecular flexibility index (Phi) is 4.80. The van der Waals surface area contributed by atoms with E-state index in [0.717, 1.165) is 37.2 Å². The Labute approximate surface area is 114 Å². The highest BCUT2D eigenvalue weighted by Crippen LogP contribution is 2.17. The topological polar surface area (TPSA) is 55.6 Å². The molecule has 1 amide bonds. The van der Waals surface area contributed by atoms with Crippen LogP contribution in [-0.4, -0.2) is 37.6 Å². The van der Waals surface area contributed by atoms with Gasteiger partial charge in [0.1, 0.15) is 5.75 Å². The highest BCUT2D eigenvalue weighted by molar-refractivity contribution is 5.78. The highest BCUT2D eigenvalue weighted by Gasteiger charge is 2.22. The number of nitrogens with zero attached hydrogens (tertiary/aromatic N) is 1. The Balaban J connectivity index is 1.92. The summed E-state index contributed by atoms with van der Waals surface area (Å²) < 4.78 is 5.11. The van der Waals surface area contributed by atoms with E-state index in [4.69, 9.17) is 10.5 Å². The standard InChI is InChI=1S/C15H22N2O2/c1-19-14-6-4-12(5-7-14)9-15(18)17-8-2-3-13(10-16)11-17/h4-7,13H,2-3,8-11,16H2,1H3. The van der Waals surface area contributed by atoms with E-state index in [0.29, 0.717) is 18.9 Å². The van der Waals surface area contributed by atoms with Crippen LogP contribution >= 0.6 is 0 Å². The van der Waals surface area contributed by atoms with Gasteiger partial charge in [-0.3, -0.25) is 4.79 Å². The maximum Gasteiger partial charge on any atom is 0.226 e. The molecule has 1 saturated heterocycles. The smallest absolute Gasteiger partial charge is 0.226 e. The van der Waals surface area contributed by atoms with E-state index in [1.165, 1.54) is 0 Å². The lowest BCUT2D eigenvalue weighted by Gasteiger charge is -2.32. The zero-order valence-corrected chi connectivity index (χ0v) is 11.5. The molecule has 104 valence electrons. The monoisotopic (exact) mass is 262 g/mol. The van der Waals surface area contributed by atoms with Gasteiger partial charge in [-0.1, -0.05) is 12.1 Å². The van der Waals surface area contributed by atoms with Crippen LogP contribution in [0.5, 0.6) is 5.75 Å². The zero-order valence-electron chi connectivity index (χ0n) is 11.5. The number of hydrogen-bond acceptors (Lipinski definition) is 3. The van der Waals surface area contributed by atoms with E-state index >= 15 is 0 Å². The van der Waals surface area contributed by atoms with Crippen molar-refractivity contribution in [3.8, 4) is 5.75 Å². The summed E-state index contributed by atoms with van der Waals surface area (Å²) in [4.78, 5) is 14.2. The number of hydrogen-bond donors (Lipinski definition) is 1. The van der Waals surface area contributed by atoms with Gasteiger partial charge >= 0.3 is 0 Å². The summed E-state index contributed by atoms with van der Waals surface area (Å²) in [5.41, 5.74) is 6.73. The summed E-state index contributed by atoms with van der Waals surface area (Å²) in [7, 11) is 1.64. The minimum atomic E-state index is 0.198. The van der Waals surface area contributed by atoms with Crippen LogP contribution in [0.3, 0.4) is 0 Å². The normalized spacial score (nSPS) is 19.3. The molecule has 1 atom stereocenters. The second-order valence-electron chi connectivity index (χ2n) is 5.11. The minimum absolute atomic E-state index is 0.198. The lowest BCUT2D eigenvalue weighted by Crippen LogP contribution is -2.42. The Bertz CT molecular complexity index is 417. The number of nitrogens with two attached hydrogens (primary N) is 1. The molecule has 0 saturated carbocycles. The molecule has 0 spiro atoms. The lowest BCUT2D eigenvalue weighted by atomic mass is 9.97. The average Bonchev–Trinajstić information content (AvgIpc) is 2.48. The molecule has 0 aliphatic carbocycles. The number of carbonyl (C=O) groups is 1. The van der Waals surface area contributed by atoms with Crippen LogP contribution in [0.1, 0.15) is 18.4 Å². The lowest BCUT2D eigenvalue weighted by molar-refractivity contribution is -0.132. The van der Waals surface area contributed by atoms with Gasteiger partial charge in [0.25, 0.3) is 0 Å². The Hall–Kier alpha value is -1.55. The van der Waals surface area contributed by atoms with Gasteiger partial charge in [-0.15, -0.1) is 0 Å². The molecule has 1 aromatic carbocycles. The highest BCUT2D eigenvalue weighted by atomic mass is 16.5. The Morgan fingerprint density at radius 1 is 1.42 bits per heavy atom. The average molecular weight is 262 g/mol. The molecule has 1 aliphatic rings. The molecule has 2 N–H and O–H groups in total. The number of rotatable bonds is 4. The fourth-order valence-corrected chi connectivity index (χ4v) is 2.51. The van der Waals surface area contributed by atoms with Crippen LogP contribution in [0.4, 0.5) is 0 Å². The van der Waals surface area contributed by atoms with Gasteiger partial charge in [-0.05, 0) is 43.0 Å². The molecule has 1 aliphatic heterocycles. The van der Waals surface area contributed by atoms with E-state index < -0.39 is 0 Å². The van der Waals surface area contributed by atoms with Gasteiger partial charge in [0.2, 0.25) is 5.91 Å². The molecule has 4 nitrogen and oxygen atoms in total. The fraction of sp³-hybridized carbons (Fsp3) is 0.533. The number of likely N-dealkylation sites (tertiary alicyclic amines) is 1. The van der Waals surface area contributed by atoms with Crippen LogP contribution < -0.4 is 10.5 Å². The van der Waals surface area contributed by atoms with Crippen molar-refractivity contribution in [2.75, 3.05) is 26.7 Å². The van der Waals surface area contributed by atoms with Crippen molar-refractivity contribution in [2.45, 2.75) is 19.3 Å². The first kappa shape index (κ1) is 13.9. The van der Waals surface area contributed by atoms with E-state index in [1.807, 2.05) is 29.2 Å². The second kappa shape index (κ2) is 6.57. The number of carbonyl (C=O) groups excluding carboxylic acids is 1. The maximum atomic E-state index is 12.2. The fourth-order valence-electron chi connectivity index (χ4n) is 2.51. The van der Waals surface area contributed by atoms with E-state index in [9.17, 15) is 4.79 Å². The molecule has 1 fully saturated rings. The number of piperidine rings is 1. The van der Waals surface area contributed by atoms with Crippen molar-refractivity contribution >= 4 is 5.91 Å².